The number of carbonyl (C=O) groups is 1. The van der Waals surface area contributed by atoms with Gasteiger partial charge in [-0.2, -0.15) is 0 Å². The first kappa shape index (κ1) is 14.6. The van der Waals surface area contributed by atoms with Crippen LogP contribution < -0.4 is 0 Å². The first-order chi connectivity index (χ1) is 7.72. The fourth-order valence-corrected chi connectivity index (χ4v) is 1.21. The molecule has 1 aromatic carbocycles. The molecule has 0 aliphatic rings. The van der Waals surface area contributed by atoms with E-state index in [1.165, 1.54) is 0 Å². The van der Waals surface area contributed by atoms with E-state index in [1.54, 1.807) is 0 Å². The molecule has 0 heterocycles. The van der Waals surface area contributed by atoms with Crippen LogP contribution in [0.3, 0.4) is 0 Å². The van der Waals surface area contributed by atoms with Crippen LogP contribution in [0.1, 0.15) is 26.2 Å². The summed E-state index contributed by atoms with van der Waals surface area (Å²) < 4.78 is 10.1. The Morgan fingerprint density at radius 2 is 1.56 bits per heavy atom. The predicted octanol–water partition coefficient (Wildman–Crippen LogP) is 2.33. The van der Waals surface area contributed by atoms with Crippen molar-refractivity contribution < 1.29 is 14.1 Å². The molecular weight excluding hydrogens is 224 g/mol. The van der Waals surface area contributed by atoms with Gasteiger partial charge < -0.3 is 5.11 Å². The summed E-state index contributed by atoms with van der Waals surface area (Å²) in [6, 6.07) is 12.0. The van der Waals surface area contributed by atoms with E-state index >= 15 is 0 Å². The number of aliphatic carboxylic acids is 1. The molecule has 0 amide bonds. The Kier molecular flexibility index (Phi) is 9.21. The maximum Gasteiger partial charge on any atom is 0.344 e. The van der Waals surface area contributed by atoms with E-state index in [4.69, 9.17) is 5.11 Å². The van der Waals surface area contributed by atoms with Crippen molar-refractivity contribution in [2.75, 3.05) is 0 Å². The average Bonchev–Trinajstić information content (AvgIpc) is 2.33. The monoisotopic (exact) mass is 240 g/mol. The van der Waals surface area contributed by atoms with Gasteiger partial charge in [0.05, 0.1) is 11.3 Å². The van der Waals surface area contributed by atoms with E-state index in [0.717, 1.165) is 12.8 Å². The summed E-state index contributed by atoms with van der Waals surface area (Å²) >= 11 is 0.0851. The van der Waals surface area contributed by atoms with E-state index in [0.29, 0.717) is 6.42 Å². The Morgan fingerprint density at radius 1 is 1.12 bits per heavy atom. The Balaban J connectivity index is 0.000000315. The van der Waals surface area contributed by atoms with Crippen molar-refractivity contribution in [3.05, 3.63) is 36.4 Å². The van der Waals surface area contributed by atoms with Crippen LogP contribution in [-0.2, 0) is 16.1 Å². The van der Waals surface area contributed by atoms with Crippen molar-refractivity contribution in [3.8, 4) is 0 Å². The molecular formula is C12H16O3S. The van der Waals surface area contributed by atoms with Crippen LogP contribution >= 0.6 is 0 Å². The molecule has 1 N–H and O–H groups in total. The molecule has 0 radical (unpaired) electrons. The number of hydrogen-bond donors (Lipinski definition) is 1. The third kappa shape index (κ3) is 7.94. The van der Waals surface area contributed by atoms with Crippen LogP contribution in [-0.4, -0.2) is 20.1 Å². The highest BCUT2D eigenvalue weighted by molar-refractivity contribution is 7.68. The fourth-order valence-electron chi connectivity index (χ4n) is 0.906. The van der Waals surface area contributed by atoms with Crippen LogP contribution in [0.2, 0.25) is 0 Å². The second kappa shape index (κ2) is 10.1. The predicted molar refractivity (Wildman–Crippen MR) is 66.8 cm³/mol. The molecule has 0 fully saturated rings. The molecule has 0 aliphatic carbocycles. The second-order valence-electron chi connectivity index (χ2n) is 3.07. The topological polar surface area (TPSA) is 54.4 Å². The third-order valence-corrected chi connectivity index (χ3v) is 2.34. The van der Waals surface area contributed by atoms with Gasteiger partial charge in [0.15, 0.2) is 0 Å². The quantitative estimate of drug-likeness (QED) is 0.822. The first-order valence-corrected chi connectivity index (χ1v) is 5.85. The van der Waals surface area contributed by atoms with Crippen LogP contribution in [0.25, 0.3) is 0 Å². The first-order valence-electron chi connectivity index (χ1n) is 5.11. The molecule has 0 bridgehead atoms. The van der Waals surface area contributed by atoms with Gasteiger partial charge in [-0.25, -0.2) is 9.00 Å². The lowest BCUT2D eigenvalue weighted by molar-refractivity contribution is -0.129. The van der Waals surface area contributed by atoms with Crippen molar-refractivity contribution in [2.24, 2.45) is 0 Å². The highest BCUT2D eigenvalue weighted by Gasteiger charge is 2.06. The minimum Gasteiger partial charge on any atom is -0.477 e. The molecule has 1 rings (SSSR count). The van der Waals surface area contributed by atoms with Gasteiger partial charge in [0, 0.05) is 0 Å². The molecule has 0 unspecified atom stereocenters. The zero-order valence-electron chi connectivity index (χ0n) is 9.26. The van der Waals surface area contributed by atoms with E-state index in [9.17, 15) is 9.00 Å². The summed E-state index contributed by atoms with van der Waals surface area (Å²) in [5.74, 6) is -1.08. The maximum absolute atomic E-state index is 10.2. The summed E-state index contributed by atoms with van der Waals surface area (Å²) in [4.78, 5) is 10.2. The molecule has 3 nitrogen and oxygen atoms in total. The van der Waals surface area contributed by atoms with Crippen molar-refractivity contribution in [2.45, 2.75) is 26.2 Å². The number of rotatable bonds is 4. The second-order valence-corrected chi connectivity index (χ2v) is 3.73. The molecule has 0 aliphatic heterocycles. The number of benzene rings is 1. The van der Waals surface area contributed by atoms with E-state index in [1.807, 2.05) is 43.3 Å². The number of carboxylic acids is 1. The van der Waals surface area contributed by atoms with E-state index in [2.05, 4.69) is 0 Å². The average molecular weight is 240 g/mol. The highest BCUT2D eigenvalue weighted by atomic mass is 32.1. The Bertz CT molecular complexity index is 316. The SMILES string of the molecule is CCCCC(=S=O)C(=O)O.c1ccccc1. The Morgan fingerprint density at radius 3 is 1.81 bits per heavy atom. The minimum absolute atomic E-state index is 0.0156. The van der Waals surface area contributed by atoms with Crippen LogP contribution in [0, 0.1) is 0 Å². The number of hydrogen-bond acceptors (Lipinski definition) is 2. The molecule has 4 heteroatoms. The molecule has 0 spiro atoms. The lowest BCUT2D eigenvalue weighted by atomic mass is 10.2. The number of carboxylic acid groups (broad SMARTS) is 1. The fraction of sp³-hybridized carbons (Fsp3) is 0.333. The van der Waals surface area contributed by atoms with Crippen LogP contribution in [0.4, 0.5) is 0 Å². The minimum atomic E-state index is -1.08. The Hall–Kier alpha value is -1.42. The summed E-state index contributed by atoms with van der Waals surface area (Å²) in [6.45, 7) is 1.95. The molecule has 0 saturated heterocycles. The van der Waals surface area contributed by atoms with Gasteiger partial charge in [0.2, 0.25) is 0 Å². The van der Waals surface area contributed by atoms with Crippen molar-refractivity contribution >= 4 is 22.1 Å². The largest absolute Gasteiger partial charge is 0.477 e. The van der Waals surface area contributed by atoms with Crippen molar-refractivity contribution in [3.63, 3.8) is 0 Å². The van der Waals surface area contributed by atoms with Gasteiger partial charge in [0.1, 0.15) is 4.86 Å². The summed E-state index contributed by atoms with van der Waals surface area (Å²) in [6.07, 6.45) is 2.09. The van der Waals surface area contributed by atoms with Gasteiger partial charge in [-0.1, -0.05) is 49.7 Å². The Labute approximate surface area is 99.2 Å². The zero-order chi connectivity index (χ0) is 12.2. The summed E-state index contributed by atoms with van der Waals surface area (Å²) in [5, 5.41) is 8.34. The molecule has 16 heavy (non-hydrogen) atoms. The van der Waals surface area contributed by atoms with E-state index < -0.39 is 5.97 Å². The molecule has 0 saturated carbocycles. The normalized spacial score (nSPS) is 8.56. The molecule has 0 atom stereocenters. The lowest BCUT2D eigenvalue weighted by Gasteiger charge is -1.92. The van der Waals surface area contributed by atoms with Crippen molar-refractivity contribution in [1.82, 2.24) is 0 Å². The smallest absolute Gasteiger partial charge is 0.344 e. The van der Waals surface area contributed by atoms with Gasteiger partial charge in [-0.3, -0.25) is 0 Å². The zero-order valence-corrected chi connectivity index (χ0v) is 10.1. The van der Waals surface area contributed by atoms with Crippen LogP contribution in [0.5, 0.6) is 0 Å². The maximum atomic E-state index is 10.2. The standard InChI is InChI=1S/C6H10O3S.C6H6/c1-2-3-4-5(10-9)6(7)8;1-2-4-6-5-3-1/h2-4H2,1H3,(H,7,8);1-6H. The highest BCUT2D eigenvalue weighted by Crippen LogP contribution is 1.94. The molecule has 88 valence electrons. The molecule has 1 aromatic rings. The van der Waals surface area contributed by atoms with Gasteiger partial charge in [-0.15, -0.1) is 0 Å². The van der Waals surface area contributed by atoms with Crippen LogP contribution in [0.15, 0.2) is 36.4 Å². The number of unbranched alkanes of at least 4 members (excludes halogenated alkanes) is 1. The van der Waals surface area contributed by atoms with Gasteiger partial charge in [-0.05, 0) is 12.8 Å². The summed E-state index contributed by atoms with van der Waals surface area (Å²) in [5.41, 5.74) is 0. The van der Waals surface area contributed by atoms with Gasteiger partial charge in [0.25, 0.3) is 0 Å². The van der Waals surface area contributed by atoms with Gasteiger partial charge >= 0.3 is 5.97 Å². The van der Waals surface area contributed by atoms with E-state index in [-0.39, 0.29) is 16.1 Å². The third-order valence-electron chi connectivity index (χ3n) is 1.76. The summed E-state index contributed by atoms with van der Waals surface area (Å²) in [7, 11) is 0. The van der Waals surface area contributed by atoms with Crippen molar-refractivity contribution in [1.29, 1.82) is 0 Å². The lowest BCUT2D eigenvalue weighted by Crippen LogP contribution is -2.11. The molecule has 0 aromatic heterocycles.